The number of hydrogen-bond donors (Lipinski definition) is 1. The SMILES string of the molecule is CC(C)c1ccc(-c2c(N)noc2C2CC3CC3C2)cc1. The fourth-order valence-corrected chi connectivity index (χ4v) is 3.85. The lowest BCUT2D eigenvalue weighted by molar-refractivity contribution is 0.356. The summed E-state index contributed by atoms with van der Waals surface area (Å²) in [5.41, 5.74) is 9.58. The summed E-state index contributed by atoms with van der Waals surface area (Å²) in [4.78, 5) is 0. The lowest BCUT2D eigenvalue weighted by atomic mass is 9.92. The standard InChI is InChI=1S/C18H22N2O/c1-10(2)11-3-5-12(6-4-11)16-17(21-20-18(16)19)15-8-13-7-14(13)9-15/h3-6,10,13-15H,7-9H2,1-2H3,(H2,19,20). The van der Waals surface area contributed by atoms with E-state index in [-0.39, 0.29) is 0 Å². The molecule has 2 unspecified atom stereocenters. The predicted octanol–water partition coefficient (Wildman–Crippen LogP) is 4.56. The first-order valence-electron chi connectivity index (χ1n) is 7.99. The minimum Gasteiger partial charge on any atom is -0.380 e. The average molecular weight is 282 g/mol. The van der Waals surface area contributed by atoms with E-state index in [1.165, 1.54) is 24.8 Å². The normalized spacial score (nSPS) is 27.1. The Morgan fingerprint density at radius 1 is 1.10 bits per heavy atom. The molecule has 0 spiro atoms. The van der Waals surface area contributed by atoms with Crippen molar-refractivity contribution in [1.29, 1.82) is 0 Å². The average Bonchev–Trinajstić information content (AvgIpc) is 2.92. The maximum absolute atomic E-state index is 6.08. The predicted molar refractivity (Wildman–Crippen MR) is 84.0 cm³/mol. The van der Waals surface area contributed by atoms with Gasteiger partial charge >= 0.3 is 0 Å². The Kier molecular flexibility index (Phi) is 2.84. The zero-order chi connectivity index (χ0) is 14.6. The molecule has 0 amide bonds. The Morgan fingerprint density at radius 2 is 1.76 bits per heavy atom. The number of rotatable bonds is 3. The first-order chi connectivity index (χ1) is 10.1. The highest BCUT2D eigenvalue weighted by Gasteiger charge is 2.48. The van der Waals surface area contributed by atoms with Gasteiger partial charge in [0.15, 0.2) is 5.82 Å². The number of hydrogen-bond acceptors (Lipinski definition) is 3. The number of benzene rings is 1. The van der Waals surface area contributed by atoms with Gasteiger partial charge in [0.1, 0.15) is 5.76 Å². The molecule has 4 rings (SSSR count). The summed E-state index contributed by atoms with van der Waals surface area (Å²) in [5.74, 6) is 4.45. The van der Waals surface area contributed by atoms with Crippen molar-refractivity contribution in [2.45, 2.75) is 44.9 Å². The van der Waals surface area contributed by atoms with Gasteiger partial charge in [0.05, 0.1) is 5.56 Å². The third-order valence-corrected chi connectivity index (χ3v) is 5.23. The topological polar surface area (TPSA) is 52.0 Å². The maximum Gasteiger partial charge on any atom is 0.175 e. The van der Waals surface area contributed by atoms with Gasteiger partial charge in [-0.2, -0.15) is 0 Å². The van der Waals surface area contributed by atoms with Gasteiger partial charge in [0.2, 0.25) is 0 Å². The van der Waals surface area contributed by atoms with Gasteiger partial charge in [-0.3, -0.25) is 0 Å². The molecule has 2 saturated carbocycles. The molecule has 0 saturated heterocycles. The van der Waals surface area contributed by atoms with Crippen LogP contribution in [0.1, 0.15) is 56.3 Å². The van der Waals surface area contributed by atoms with Gasteiger partial charge in [0.25, 0.3) is 0 Å². The molecule has 2 aliphatic rings. The molecule has 0 bridgehead atoms. The summed E-state index contributed by atoms with van der Waals surface area (Å²) in [6.07, 6.45) is 3.91. The highest BCUT2D eigenvalue weighted by atomic mass is 16.5. The Hall–Kier alpha value is -1.77. The van der Waals surface area contributed by atoms with Crippen molar-refractivity contribution in [3.63, 3.8) is 0 Å². The summed E-state index contributed by atoms with van der Waals surface area (Å²) in [5, 5.41) is 4.04. The minimum atomic E-state index is 0.512. The van der Waals surface area contributed by atoms with E-state index in [1.807, 2.05) is 0 Å². The van der Waals surface area contributed by atoms with Gasteiger partial charge in [-0.15, -0.1) is 0 Å². The van der Waals surface area contributed by atoms with Crippen molar-refractivity contribution in [3.05, 3.63) is 35.6 Å². The number of nitrogen functional groups attached to an aromatic ring is 1. The first kappa shape index (κ1) is 12.9. The molecule has 110 valence electrons. The minimum absolute atomic E-state index is 0.512. The van der Waals surface area contributed by atoms with Crippen molar-refractivity contribution >= 4 is 5.82 Å². The molecule has 2 aliphatic carbocycles. The van der Waals surface area contributed by atoms with E-state index in [0.29, 0.717) is 17.7 Å². The van der Waals surface area contributed by atoms with Gasteiger partial charge in [-0.1, -0.05) is 43.3 Å². The summed E-state index contributed by atoms with van der Waals surface area (Å²) >= 11 is 0. The van der Waals surface area contributed by atoms with E-state index >= 15 is 0 Å². The maximum atomic E-state index is 6.08. The number of nitrogens with two attached hydrogens (primary N) is 1. The fraction of sp³-hybridized carbons (Fsp3) is 0.500. The third-order valence-electron chi connectivity index (χ3n) is 5.23. The van der Waals surface area contributed by atoms with Crippen LogP contribution in [0, 0.1) is 11.8 Å². The van der Waals surface area contributed by atoms with Crippen LogP contribution in [0.5, 0.6) is 0 Å². The molecule has 0 radical (unpaired) electrons. The van der Waals surface area contributed by atoms with Crippen LogP contribution in [0.3, 0.4) is 0 Å². The molecule has 1 aromatic heterocycles. The van der Waals surface area contributed by atoms with Crippen LogP contribution < -0.4 is 5.73 Å². The summed E-state index contributed by atoms with van der Waals surface area (Å²) < 4.78 is 5.61. The fourth-order valence-electron chi connectivity index (χ4n) is 3.85. The summed E-state index contributed by atoms with van der Waals surface area (Å²) in [6.45, 7) is 4.41. The van der Waals surface area contributed by atoms with E-state index in [1.54, 1.807) is 0 Å². The van der Waals surface area contributed by atoms with Crippen molar-refractivity contribution in [2.24, 2.45) is 11.8 Å². The van der Waals surface area contributed by atoms with E-state index in [4.69, 9.17) is 10.3 Å². The van der Waals surface area contributed by atoms with Gasteiger partial charge in [-0.05, 0) is 48.1 Å². The lowest BCUT2D eigenvalue weighted by Gasteiger charge is -2.11. The molecule has 3 nitrogen and oxygen atoms in total. The zero-order valence-corrected chi connectivity index (χ0v) is 12.7. The van der Waals surface area contributed by atoms with Crippen LogP contribution in [0.25, 0.3) is 11.1 Å². The van der Waals surface area contributed by atoms with Crippen LogP contribution in [-0.4, -0.2) is 5.16 Å². The molecular weight excluding hydrogens is 260 g/mol. The van der Waals surface area contributed by atoms with Crippen LogP contribution >= 0.6 is 0 Å². The molecule has 0 aliphatic heterocycles. The largest absolute Gasteiger partial charge is 0.380 e. The highest BCUT2D eigenvalue weighted by Crippen LogP contribution is 2.58. The molecule has 1 aromatic carbocycles. The lowest BCUT2D eigenvalue weighted by Crippen LogP contribution is -1.98. The van der Waals surface area contributed by atoms with Gasteiger partial charge in [-0.25, -0.2) is 0 Å². The second-order valence-electron chi connectivity index (χ2n) is 7.01. The monoisotopic (exact) mass is 282 g/mol. The van der Waals surface area contributed by atoms with Crippen molar-refractivity contribution in [2.75, 3.05) is 5.73 Å². The second kappa shape index (κ2) is 4.62. The molecule has 21 heavy (non-hydrogen) atoms. The van der Waals surface area contributed by atoms with Gasteiger partial charge < -0.3 is 10.3 Å². The number of fused-ring (bicyclic) bond motifs is 1. The van der Waals surface area contributed by atoms with Crippen molar-refractivity contribution < 1.29 is 4.52 Å². The van der Waals surface area contributed by atoms with Crippen LogP contribution in [0.15, 0.2) is 28.8 Å². The van der Waals surface area contributed by atoms with E-state index in [0.717, 1.165) is 28.7 Å². The van der Waals surface area contributed by atoms with E-state index in [9.17, 15) is 0 Å². The summed E-state index contributed by atoms with van der Waals surface area (Å²) in [6, 6.07) is 8.67. The molecule has 1 heterocycles. The number of nitrogens with zero attached hydrogens (tertiary/aromatic N) is 1. The first-order valence-corrected chi connectivity index (χ1v) is 7.99. The number of anilines is 1. The van der Waals surface area contributed by atoms with E-state index < -0.39 is 0 Å². The molecule has 3 heteroatoms. The van der Waals surface area contributed by atoms with Crippen molar-refractivity contribution in [1.82, 2.24) is 5.16 Å². The Morgan fingerprint density at radius 3 is 2.38 bits per heavy atom. The van der Waals surface area contributed by atoms with Crippen LogP contribution in [0.4, 0.5) is 5.82 Å². The Labute approximate surface area is 125 Å². The van der Waals surface area contributed by atoms with Crippen molar-refractivity contribution in [3.8, 4) is 11.1 Å². The Balaban J connectivity index is 1.69. The zero-order valence-electron chi connectivity index (χ0n) is 12.7. The molecule has 2 fully saturated rings. The van der Waals surface area contributed by atoms with E-state index in [2.05, 4.69) is 43.3 Å². The highest BCUT2D eigenvalue weighted by molar-refractivity contribution is 5.76. The number of aromatic nitrogens is 1. The third kappa shape index (κ3) is 2.15. The van der Waals surface area contributed by atoms with Crippen LogP contribution in [0.2, 0.25) is 0 Å². The van der Waals surface area contributed by atoms with Crippen LogP contribution in [-0.2, 0) is 0 Å². The smallest absolute Gasteiger partial charge is 0.175 e. The quantitative estimate of drug-likeness (QED) is 0.897. The summed E-state index contributed by atoms with van der Waals surface area (Å²) in [7, 11) is 0. The van der Waals surface area contributed by atoms with Gasteiger partial charge in [0, 0.05) is 5.92 Å². The Bertz CT molecular complexity index is 646. The second-order valence-corrected chi connectivity index (χ2v) is 7.01. The molecule has 2 N–H and O–H groups in total. The molecule has 2 aromatic rings. The molecular formula is C18H22N2O. The molecule has 2 atom stereocenters.